The van der Waals surface area contributed by atoms with Gasteiger partial charge in [0.1, 0.15) is 7.05 Å². The van der Waals surface area contributed by atoms with Crippen molar-refractivity contribution >= 4 is 57.6 Å². The number of pyridine rings is 1. The van der Waals surface area contributed by atoms with E-state index in [9.17, 15) is 0 Å². The third-order valence-corrected chi connectivity index (χ3v) is 5.91. The van der Waals surface area contributed by atoms with Gasteiger partial charge >= 0.3 is 0 Å². The number of hydrogen-bond donors (Lipinski definition) is 0. The molecule has 0 atom stereocenters. The van der Waals surface area contributed by atoms with Crippen LogP contribution >= 0.6 is 35.0 Å². The fraction of sp³-hybridized carbons (Fsp3) is 0.105. The van der Waals surface area contributed by atoms with Gasteiger partial charge in [0.15, 0.2) is 0 Å². The van der Waals surface area contributed by atoms with Gasteiger partial charge in [0.25, 0.3) is 0 Å². The first-order chi connectivity index (χ1) is 11.5. The van der Waals surface area contributed by atoms with Gasteiger partial charge in [0, 0.05) is 45.6 Å². The quantitative estimate of drug-likeness (QED) is 0.519. The molecule has 120 valence electrons. The topological polar surface area (TPSA) is 7.12 Å². The third-order valence-electron chi connectivity index (χ3n) is 4.27. The second kappa shape index (κ2) is 5.99. The number of aromatic nitrogens is 1. The Morgan fingerprint density at radius 3 is 2.54 bits per heavy atom. The average molecular weight is 374 g/mol. The van der Waals surface area contributed by atoms with Crippen LogP contribution in [0.15, 0.2) is 58.5 Å². The standard InChI is InChI=1S/C19H15Cl2N2S/c1-22-15(7-4-12-3-5-13(20)9-16(12)22)11-19-23(2)17-10-14(21)6-8-18(17)24-19/h3-11H,1-2H3/q+1. The highest BCUT2D eigenvalue weighted by molar-refractivity contribution is 8.03. The SMILES string of the molecule is CN1/C(=C/c2ccc3ccc(Cl)cc3[n+]2C)Sc2ccc(Cl)cc21. The lowest BCUT2D eigenvalue weighted by molar-refractivity contribution is -0.646. The maximum absolute atomic E-state index is 6.16. The zero-order chi connectivity index (χ0) is 16.8. The van der Waals surface area contributed by atoms with E-state index in [1.165, 1.54) is 15.3 Å². The van der Waals surface area contributed by atoms with Crippen LogP contribution in [-0.4, -0.2) is 7.05 Å². The van der Waals surface area contributed by atoms with Gasteiger partial charge in [-0.15, -0.1) is 0 Å². The molecule has 0 saturated heterocycles. The number of halogens is 2. The summed E-state index contributed by atoms with van der Waals surface area (Å²) in [4.78, 5) is 3.40. The summed E-state index contributed by atoms with van der Waals surface area (Å²) in [5.41, 5.74) is 3.38. The first kappa shape index (κ1) is 15.8. The molecule has 0 spiro atoms. The van der Waals surface area contributed by atoms with E-state index in [0.29, 0.717) is 0 Å². The Balaban J connectivity index is 1.79. The van der Waals surface area contributed by atoms with Crippen molar-refractivity contribution < 1.29 is 4.57 Å². The summed E-state index contributed by atoms with van der Waals surface area (Å²) >= 11 is 14.0. The van der Waals surface area contributed by atoms with E-state index in [1.54, 1.807) is 11.8 Å². The van der Waals surface area contributed by atoms with Crippen molar-refractivity contribution in [2.75, 3.05) is 11.9 Å². The predicted octanol–water partition coefficient (Wildman–Crippen LogP) is 5.51. The zero-order valence-electron chi connectivity index (χ0n) is 13.3. The first-order valence-electron chi connectivity index (χ1n) is 7.54. The summed E-state index contributed by atoms with van der Waals surface area (Å²) in [7, 11) is 4.13. The normalized spacial score (nSPS) is 15.3. The molecule has 5 heteroatoms. The Hall–Kier alpha value is -1.68. The molecule has 0 aliphatic carbocycles. The minimum Gasteiger partial charge on any atom is -0.338 e. The van der Waals surface area contributed by atoms with Gasteiger partial charge in [-0.3, -0.25) is 0 Å². The van der Waals surface area contributed by atoms with Crippen LogP contribution in [-0.2, 0) is 7.05 Å². The molecule has 0 radical (unpaired) electrons. The molecule has 0 amide bonds. The molecule has 0 N–H and O–H groups in total. The maximum atomic E-state index is 6.16. The monoisotopic (exact) mass is 373 g/mol. The second-order valence-corrected chi connectivity index (χ2v) is 7.71. The van der Waals surface area contributed by atoms with E-state index < -0.39 is 0 Å². The molecule has 24 heavy (non-hydrogen) atoms. The van der Waals surface area contributed by atoms with Crippen LogP contribution in [0.4, 0.5) is 5.69 Å². The van der Waals surface area contributed by atoms with Gasteiger partial charge in [0.05, 0.1) is 10.7 Å². The van der Waals surface area contributed by atoms with Crippen molar-refractivity contribution in [2.45, 2.75) is 4.90 Å². The van der Waals surface area contributed by atoms with Crippen LogP contribution in [0.5, 0.6) is 0 Å². The Morgan fingerprint density at radius 2 is 1.71 bits per heavy atom. The number of fused-ring (bicyclic) bond motifs is 2. The van der Waals surface area contributed by atoms with Crippen molar-refractivity contribution in [3.05, 3.63) is 69.3 Å². The van der Waals surface area contributed by atoms with E-state index in [2.05, 4.69) is 47.8 Å². The summed E-state index contributed by atoms with van der Waals surface area (Å²) in [6.45, 7) is 0. The summed E-state index contributed by atoms with van der Waals surface area (Å²) in [6.07, 6.45) is 2.19. The van der Waals surface area contributed by atoms with Crippen LogP contribution in [0.2, 0.25) is 10.0 Å². The van der Waals surface area contributed by atoms with Crippen molar-refractivity contribution in [3.8, 4) is 0 Å². The molecular weight excluding hydrogens is 359 g/mol. The minimum atomic E-state index is 0.748. The molecule has 2 heterocycles. The number of nitrogens with zero attached hydrogens (tertiary/aromatic N) is 2. The summed E-state index contributed by atoms with van der Waals surface area (Å²) in [6, 6.07) is 16.2. The summed E-state index contributed by atoms with van der Waals surface area (Å²) in [5.74, 6) is 0. The average Bonchev–Trinajstić information content (AvgIpc) is 2.87. The summed E-state index contributed by atoms with van der Waals surface area (Å²) in [5, 5.41) is 3.85. The van der Waals surface area contributed by atoms with Crippen LogP contribution in [0.25, 0.3) is 17.0 Å². The van der Waals surface area contributed by atoms with E-state index in [0.717, 1.165) is 26.9 Å². The van der Waals surface area contributed by atoms with Crippen LogP contribution in [0, 0.1) is 0 Å². The smallest absolute Gasteiger partial charge is 0.214 e. The Morgan fingerprint density at radius 1 is 1.00 bits per heavy atom. The molecule has 2 nitrogen and oxygen atoms in total. The van der Waals surface area contributed by atoms with Crippen LogP contribution in [0.1, 0.15) is 5.69 Å². The first-order valence-corrected chi connectivity index (χ1v) is 9.11. The fourth-order valence-electron chi connectivity index (χ4n) is 2.91. The lowest BCUT2D eigenvalue weighted by Crippen LogP contribution is -2.33. The molecule has 4 rings (SSSR count). The molecule has 0 fully saturated rings. The number of anilines is 1. The summed E-state index contributed by atoms with van der Waals surface area (Å²) < 4.78 is 2.17. The molecule has 1 aliphatic rings. The number of benzene rings is 2. The number of rotatable bonds is 1. The van der Waals surface area contributed by atoms with Gasteiger partial charge < -0.3 is 4.90 Å². The van der Waals surface area contributed by atoms with Crippen molar-refractivity contribution in [3.63, 3.8) is 0 Å². The Bertz CT molecular complexity index is 998. The molecule has 0 saturated carbocycles. The van der Waals surface area contributed by atoms with E-state index in [4.69, 9.17) is 23.2 Å². The second-order valence-electron chi connectivity index (χ2n) is 5.78. The van der Waals surface area contributed by atoms with Crippen molar-refractivity contribution in [1.82, 2.24) is 0 Å². The molecule has 0 unspecified atom stereocenters. The molecule has 0 bridgehead atoms. The maximum Gasteiger partial charge on any atom is 0.214 e. The highest BCUT2D eigenvalue weighted by Gasteiger charge is 2.23. The van der Waals surface area contributed by atoms with Gasteiger partial charge in [-0.2, -0.15) is 4.57 Å². The lowest BCUT2D eigenvalue weighted by Gasteiger charge is -2.13. The highest BCUT2D eigenvalue weighted by Crippen LogP contribution is 2.46. The number of hydrogen-bond acceptors (Lipinski definition) is 2. The molecule has 1 aliphatic heterocycles. The van der Waals surface area contributed by atoms with Crippen LogP contribution in [0.3, 0.4) is 0 Å². The molecule has 3 aromatic rings. The minimum absolute atomic E-state index is 0.748. The van der Waals surface area contributed by atoms with Crippen molar-refractivity contribution in [2.24, 2.45) is 7.05 Å². The molecule has 1 aromatic heterocycles. The molecular formula is C19H15Cl2N2S+. The zero-order valence-corrected chi connectivity index (χ0v) is 15.6. The van der Waals surface area contributed by atoms with Gasteiger partial charge in [-0.25, -0.2) is 0 Å². The predicted molar refractivity (Wildman–Crippen MR) is 104 cm³/mol. The largest absolute Gasteiger partial charge is 0.338 e. The van der Waals surface area contributed by atoms with Gasteiger partial charge in [-0.1, -0.05) is 35.0 Å². The van der Waals surface area contributed by atoms with Gasteiger partial charge in [0.2, 0.25) is 11.2 Å². The Kier molecular flexibility index (Phi) is 3.95. The van der Waals surface area contributed by atoms with Gasteiger partial charge in [-0.05, 0) is 36.4 Å². The highest BCUT2D eigenvalue weighted by atomic mass is 35.5. The fourth-order valence-corrected chi connectivity index (χ4v) is 4.32. The van der Waals surface area contributed by atoms with Crippen molar-refractivity contribution in [1.29, 1.82) is 0 Å². The van der Waals surface area contributed by atoms with Crippen LogP contribution < -0.4 is 9.47 Å². The van der Waals surface area contributed by atoms with E-state index in [-0.39, 0.29) is 0 Å². The third kappa shape index (κ3) is 2.67. The number of thioether (sulfide) groups is 1. The van der Waals surface area contributed by atoms with E-state index >= 15 is 0 Å². The van der Waals surface area contributed by atoms with E-state index in [1.807, 2.05) is 30.3 Å². The Labute approximate surface area is 155 Å². The lowest BCUT2D eigenvalue weighted by atomic mass is 10.2. The number of aryl methyl sites for hydroxylation is 1. The molecule has 2 aromatic carbocycles.